The molecule has 1 nitrogen and oxygen atoms in total. The zero-order chi connectivity index (χ0) is 32.2. The van der Waals surface area contributed by atoms with E-state index >= 15 is 0 Å². The molecule has 0 aromatic carbocycles. The minimum atomic E-state index is 0.270. The van der Waals surface area contributed by atoms with Crippen molar-refractivity contribution in [2.24, 2.45) is 11.8 Å². The monoisotopic (exact) mass is 619 g/mol. The maximum absolute atomic E-state index is 12.8. The Labute approximate surface area is 280 Å². The van der Waals surface area contributed by atoms with Crippen molar-refractivity contribution < 1.29 is 4.79 Å². The molecule has 2 unspecified atom stereocenters. The van der Waals surface area contributed by atoms with Crippen molar-refractivity contribution in [3.8, 4) is 0 Å². The van der Waals surface area contributed by atoms with Crippen LogP contribution in [0.4, 0.5) is 0 Å². The van der Waals surface area contributed by atoms with E-state index in [1.165, 1.54) is 218 Å². The topological polar surface area (TPSA) is 17.1 Å². The van der Waals surface area contributed by atoms with Crippen molar-refractivity contribution in [2.45, 2.75) is 259 Å². The summed E-state index contributed by atoms with van der Waals surface area (Å²) in [4.78, 5) is 12.8. The molecule has 0 N–H and O–H groups in total. The predicted molar refractivity (Wildman–Crippen MR) is 201 cm³/mol. The van der Waals surface area contributed by atoms with Gasteiger partial charge in [-0.05, 0) is 12.8 Å². The highest BCUT2D eigenvalue weighted by atomic mass is 16.1. The Balaban J connectivity index is 3.38. The fourth-order valence-electron chi connectivity index (χ4n) is 7.12. The zero-order valence-electron chi connectivity index (χ0n) is 31.5. The molecule has 0 aliphatic rings. The Hall–Kier alpha value is -0.330. The van der Waals surface area contributed by atoms with Gasteiger partial charge in [0.25, 0.3) is 0 Å². The van der Waals surface area contributed by atoms with Crippen molar-refractivity contribution in [1.82, 2.24) is 0 Å². The summed E-state index contributed by atoms with van der Waals surface area (Å²) in [5.41, 5.74) is 0. The molecular weight excluding hydrogens is 532 g/mol. The molecule has 0 aliphatic heterocycles. The van der Waals surface area contributed by atoms with E-state index in [0.29, 0.717) is 5.78 Å². The average Bonchev–Trinajstić information content (AvgIpc) is 3.03. The molecule has 0 saturated carbocycles. The van der Waals surface area contributed by atoms with Crippen LogP contribution in [0.25, 0.3) is 0 Å². The van der Waals surface area contributed by atoms with E-state index in [0.717, 1.165) is 12.8 Å². The molecule has 1 heteroatoms. The fourth-order valence-corrected chi connectivity index (χ4v) is 7.12. The van der Waals surface area contributed by atoms with Gasteiger partial charge in [-0.2, -0.15) is 0 Å². The van der Waals surface area contributed by atoms with Crippen molar-refractivity contribution in [3.63, 3.8) is 0 Å². The average molecular weight is 619 g/mol. The van der Waals surface area contributed by atoms with E-state index in [2.05, 4.69) is 27.7 Å². The van der Waals surface area contributed by atoms with Gasteiger partial charge in [-0.1, -0.05) is 246 Å². The lowest BCUT2D eigenvalue weighted by Crippen LogP contribution is -2.19. The van der Waals surface area contributed by atoms with E-state index in [4.69, 9.17) is 0 Å². The predicted octanol–water partition coefficient (Wildman–Crippen LogP) is 15.9. The third-order valence-electron chi connectivity index (χ3n) is 10.5. The van der Waals surface area contributed by atoms with Crippen LogP contribution in [0.15, 0.2) is 0 Å². The fraction of sp³-hybridized carbons (Fsp3) is 0.977. The van der Waals surface area contributed by atoms with E-state index in [-0.39, 0.29) is 11.8 Å². The molecule has 44 heavy (non-hydrogen) atoms. The van der Waals surface area contributed by atoms with Crippen LogP contribution in [0.3, 0.4) is 0 Å². The second-order valence-corrected chi connectivity index (χ2v) is 15.1. The quantitative estimate of drug-likeness (QED) is 0.0629. The highest BCUT2D eigenvalue weighted by Gasteiger charge is 2.19. The third-order valence-corrected chi connectivity index (χ3v) is 10.5. The number of carbonyl (C=O) groups excluding carboxylic acids is 1. The molecule has 0 radical (unpaired) electrons. The molecule has 0 saturated heterocycles. The van der Waals surface area contributed by atoms with Gasteiger partial charge in [-0.15, -0.1) is 0 Å². The van der Waals surface area contributed by atoms with Gasteiger partial charge in [0.1, 0.15) is 5.78 Å². The Bertz CT molecular complexity index is 493. The molecule has 264 valence electrons. The normalized spacial score (nSPS) is 13.0. The number of hydrogen-bond acceptors (Lipinski definition) is 1. The summed E-state index contributed by atoms with van der Waals surface area (Å²) in [6.07, 6.45) is 50.4. The van der Waals surface area contributed by atoms with Crippen molar-refractivity contribution in [2.75, 3.05) is 0 Å². The maximum Gasteiger partial charge on any atom is 0.138 e. The lowest BCUT2D eigenvalue weighted by molar-refractivity contribution is -0.126. The summed E-state index contributed by atoms with van der Waals surface area (Å²) >= 11 is 0. The van der Waals surface area contributed by atoms with Crippen molar-refractivity contribution in [3.05, 3.63) is 0 Å². The molecule has 0 aliphatic carbocycles. The highest BCUT2D eigenvalue weighted by Crippen LogP contribution is 2.21. The van der Waals surface area contributed by atoms with E-state index in [1.54, 1.807) is 0 Å². The molecule has 0 bridgehead atoms. The first-order valence-corrected chi connectivity index (χ1v) is 21.2. The summed E-state index contributed by atoms with van der Waals surface area (Å²) in [6.45, 7) is 8.99. The van der Waals surface area contributed by atoms with Gasteiger partial charge in [0.2, 0.25) is 0 Å². The Morgan fingerprint density at radius 2 is 0.455 bits per heavy atom. The van der Waals surface area contributed by atoms with Crippen LogP contribution in [0.1, 0.15) is 259 Å². The van der Waals surface area contributed by atoms with Gasteiger partial charge in [-0.3, -0.25) is 4.79 Å². The van der Waals surface area contributed by atoms with Crippen LogP contribution in [0.2, 0.25) is 0 Å². The van der Waals surface area contributed by atoms with Crippen LogP contribution in [-0.2, 0) is 4.79 Å². The molecule has 0 heterocycles. The van der Waals surface area contributed by atoms with E-state index in [9.17, 15) is 4.79 Å². The second-order valence-electron chi connectivity index (χ2n) is 15.1. The van der Waals surface area contributed by atoms with E-state index < -0.39 is 0 Å². The van der Waals surface area contributed by atoms with Gasteiger partial charge in [0, 0.05) is 11.8 Å². The summed E-state index contributed by atoms with van der Waals surface area (Å²) in [5.74, 6) is 1.08. The molecule has 0 amide bonds. The molecule has 0 spiro atoms. The minimum absolute atomic E-state index is 0.270. The van der Waals surface area contributed by atoms with Crippen LogP contribution >= 0.6 is 0 Å². The summed E-state index contributed by atoms with van der Waals surface area (Å²) in [5, 5.41) is 0. The first-order chi connectivity index (χ1) is 21.6. The van der Waals surface area contributed by atoms with Crippen LogP contribution in [-0.4, -0.2) is 5.78 Å². The number of carbonyl (C=O) groups is 1. The van der Waals surface area contributed by atoms with Gasteiger partial charge in [0.15, 0.2) is 0 Å². The molecule has 2 atom stereocenters. The van der Waals surface area contributed by atoms with Crippen LogP contribution in [0.5, 0.6) is 0 Å². The second kappa shape index (κ2) is 37.1. The first kappa shape index (κ1) is 43.7. The van der Waals surface area contributed by atoms with Crippen molar-refractivity contribution >= 4 is 5.78 Å². The summed E-state index contributed by atoms with van der Waals surface area (Å²) in [7, 11) is 0. The van der Waals surface area contributed by atoms with Gasteiger partial charge in [0.05, 0.1) is 0 Å². The lowest BCUT2D eigenvalue weighted by atomic mass is 9.88. The van der Waals surface area contributed by atoms with Gasteiger partial charge < -0.3 is 0 Å². The summed E-state index contributed by atoms with van der Waals surface area (Å²) < 4.78 is 0. The molecular formula is C43H86O. The number of rotatable bonds is 38. The molecule has 0 aromatic rings. The zero-order valence-corrected chi connectivity index (χ0v) is 31.5. The highest BCUT2D eigenvalue weighted by molar-refractivity contribution is 5.82. The number of ketones is 1. The number of hydrogen-bond donors (Lipinski definition) is 0. The van der Waals surface area contributed by atoms with Crippen LogP contribution < -0.4 is 0 Å². The van der Waals surface area contributed by atoms with Gasteiger partial charge >= 0.3 is 0 Å². The summed E-state index contributed by atoms with van der Waals surface area (Å²) in [6, 6.07) is 0. The number of unbranched alkanes of at least 4 members (excludes halogenated alkanes) is 32. The lowest BCUT2D eigenvalue weighted by Gasteiger charge is -2.16. The molecule has 0 rings (SSSR count). The first-order valence-electron chi connectivity index (χ1n) is 21.2. The smallest absolute Gasteiger partial charge is 0.138 e. The Kier molecular flexibility index (Phi) is 36.9. The van der Waals surface area contributed by atoms with Crippen molar-refractivity contribution in [1.29, 1.82) is 0 Å². The molecule has 0 aromatic heterocycles. The Morgan fingerprint density at radius 3 is 0.636 bits per heavy atom. The van der Waals surface area contributed by atoms with E-state index in [1.807, 2.05) is 0 Å². The maximum atomic E-state index is 12.8. The number of Topliss-reactive ketones (excluding diaryl/α,β-unsaturated/α-hetero) is 1. The Morgan fingerprint density at radius 1 is 0.295 bits per heavy atom. The minimum Gasteiger partial charge on any atom is -0.299 e. The third kappa shape index (κ3) is 33.0. The standard InChI is InChI=1S/C43H86O/c1-5-7-9-11-13-15-17-19-21-23-25-27-29-31-33-35-37-39-41(3)43(44)42(4)40-38-36-34-32-30-28-26-24-22-20-18-16-14-12-10-8-6-2/h41-42H,5-40H2,1-4H3. The SMILES string of the molecule is CCCCCCCCCCCCCCCCCCCC(C)C(=O)C(C)CCCCCCCCCCCCCCCCCCC. The van der Waals surface area contributed by atoms with Crippen LogP contribution in [0, 0.1) is 11.8 Å². The molecule has 0 fully saturated rings. The largest absolute Gasteiger partial charge is 0.299 e. The van der Waals surface area contributed by atoms with Gasteiger partial charge in [-0.25, -0.2) is 0 Å².